The summed E-state index contributed by atoms with van der Waals surface area (Å²) in [6.07, 6.45) is 10.3. The van der Waals surface area contributed by atoms with Crippen LogP contribution in [-0.2, 0) is 6.42 Å². The van der Waals surface area contributed by atoms with Gasteiger partial charge in [0, 0.05) is 9.75 Å². The molecular weight excluding hydrogens is 512 g/mol. The molecule has 4 heteroatoms. The van der Waals surface area contributed by atoms with Crippen LogP contribution in [0.3, 0.4) is 0 Å². The molecule has 3 unspecified atom stereocenters. The van der Waals surface area contributed by atoms with E-state index < -0.39 is 0 Å². The van der Waals surface area contributed by atoms with Crippen LogP contribution in [0.5, 0.6) is 0 Å². The van der Waals surface area contributed by atoms with Crippen molar-refractivity contribution in [3.8, 4) is 9.75 Å². The Kier molecular flexibility index (Phi) is 10.8. The van der Waals surface area contributed by atoms with Crippen LogP contribution in [-0.4, -0.2) is 0 Å². The molecule has 0 fully saturated rings. The molecule has 0 spiro atoms. The molecule has 0 radical (unpaired) electrons. The lowest BCUT2D eigenvalue weighted by Gasteiger charge is -2.22. The second-order valence-electron chi connectivity index (χ2n) is 8.15. The summed E-state index contributed by atoms with van der Waals surface area (Å²) in [6, 6.07) is 4.92. The Balaban J connectivity index is 2.24. The molecule has 0 saturated carbocycles. The highest BCUT2D eigenvalue weighted by Crippen LogP contribution is 2.46. The minimum atomic E-state index is 0.663. The predicted molar refractivity (Wildman–Crippen MR) is 137 cm³/mol. The van der Waals surface area contributed by atoms with Crippen molar-refractivity contribution in [2.75, 3.05) is 0 Å². The summed E-state index contributed by atoms with van der Waals surface area (Å²) in [4.78, 5) is 2.84. The SMILES string of the molecule is CCCCC(CC)Cc1cc(-c2cc(C(CCC)C(C)CC)c(Br)s2)sc1Br. The third kappa shape index (κ3) is 6.43. The van der Waals surface area contributed by atoms with Gasteiger partial charge in [-0.1, -0.05) is 73.1 Å². The van der Waals surface area contributed by atoms with Crippen LogP contribution in [0.15, 0.2) is 19.7 Å². The molecule has 0 bridgehead atoms. The number of hydrogen-bond acceptors (Lipinski definition) is 2. The number of thiophene rings is 2. The number of unbranched alkanes of at least 4 members (excludes halogenated alkanes) is 1. The van der Waals surface area contributed by atoms with Crippen molar-refractivity contribution in [2.45, 2.75) is 91.9 Å². The topological polar surface area (TPSA) is 0 Å². The fraction of sp³-hybridized carbons (Fsp3) is 0.667. The zero-order valence-corrected chi connectivity index (χ0v) is 22.9. The minimum absolute atomic E-state index is 0.663. The van der Waals surface area contributed by atoms with Crippen LogP contribution < -0.4 is 0 Å². The highest BCUT2D eigenvalue weighted by Gasteiger charge is 2.23. The van der Waals surface area contributed by atoms with Gasteiger partial charge in [0.15, 0.2) is 0 Å². The number of halogens is 2. The zero-order valence-electron chi connectivity index (χ0n) is 18.1. The van der Waals surface area contributed by atoms with Crippen molar-refractivity contribution in [3.63, 3.8) is 0 Å². The Morgan fingerprint density at radius 1 is 0.857 bits per heavy atom. The quantitative estimate of drug-likeness (QED) is 0.248. The summed E-state index contributed by atoms with van der Waals surface area (Å²) in [6.45, 7) is 11.7. The fourth-order valence-corrected chi connectivity index (χ4v) is 7.70. The average molecular weight is 548 g/mol. The van der Waals surface area contributed by atoms with Gasteiger partial charge < -0.3 is 0 Å². The first kappa shape index (κ1) is 24.6. The van der Waals surface area contributed by atoms with E-state index in [2.05, 4.69) is 78.6 Å². The van der Waals surface area contributed by atoms with E-state index in [0.717, 1.165) is 11.8 Å². The maximum absolute atomic E-state index is 3.90. The average Bonchev–Trinajstić information content (AvgIpc) is 3.25. The Hall–Kier alpha value is 0.360. The summed E-state index contributed by atoms with van der Waals surface area (Å²) in [5.41, 5.74) is 3.03. The van der Waals surface area contributed by atoms with Crippen molar-refractivity contribution in [1.29, 1.82) is 0 Å². The molecule has 0 aliphatic rings. The third-order valence-electron chi connectivity index (χ3n) is 6.10. The van der Waals surface area contributed by atoms with Crippen molar-refractivity contribution in [3.05, 3.63) is 30.8 Å². The fourth-order valence-electron chi connectivity index (χ4n) is 4.02. The molecule has 0 N–H and O–H groups in total. The van der Waals surface area contributed by atoms with Crippen LogP contribution in [0.2, 0.25) is 0 Å². The molecule has 0 amide bonds. The summed E-state index contributed by atoms with van der Waals surface area (Å²) in [5.74, 6) is 2.20. The first-order valence-electron chi connectivity index (χ1n) is 11.0. The standard InChI is InChI=1S/C24H36Br2S2/c1-6-10-12-17(9-4)13-18-14-21(27-23(18)25)22-15-20(24(26)28-22)19(11-7-2)16(5)8-3/h14-17,19H,6-13H2,1-5H3. The maximum Gasteiger partial charge on any atom is 0.0740 e. The Morgan fingerprint density at radius 2 is 1.54 bits per heavy atom. The predicted octanol–water partition coefficient (Wildman–Crippen LogP) is 10.7. The summed E-state index contributed by atoms with van der Waals surface area (Å²) in [7, 11) is 0. The van der Waals surface area contributed by atoms with Gasteiger partial charge in [-0.25, -0.2) is 0 Å². The zero-order chi connectivity index (χ0) is 20.7. The molecule has 0 aromatic carbocycles. The monoisotopic (exact) mass is 546 g/mol. The molecule has 2 heterocycles. The first-order valence-corrected chi connectivity index (χ1v) is 14.2. The molecule has 2 aromatic heterocycles. The Morgan fingerprint density at radius 3 is 2.14 bits per heavy atom. The lowest BCUT2D eigenvalue weighted by atomic mass is 9.83. The van der Waals surface area contributed by atoms with Crippen LogP contribution in [0.25, 0.3) is 9.75 Å². The van der Waals surface area contributed by atoms with Crippen LogP contribution in [0.1, 0.15) is 96.6 Å². The number of rotatable bonds is 12. The maximum atomic E-state index is 3.90. The molecular formula is C24H36Br2S2. The summed E-state index contributed by atoms with van der Waals surface area (Å²) >= 11 is 11.6. The van der Waals surface area contributed by atoms with E-state index >= 15 is 0 Å². The lowest BCUT2D eigenvalue weighted by Crippen LogP contribution is -2.08. The molecule has 0 saturated heterocycles. The van der Waals surface area contributed by atoms with Crippen LogP contribution >= 0.6 is 54.5 Å². The van der Waals surface area contributed by atoms with Gasteiger partial charge in [-0.2, -0.15) is 0 Å². The van der Waals surface area contributed by atoms with Crippen molar-refractivity contribution < 1.29 is 0 Å². The van der Waals surface area contributed by atoms with E-state index in [9.17, 15) is 0 Å². The second kappa shape index (κ2) is 12.3. The van der Waals surface area contributed by atoms with Crippen molar-refractivity contribution in [2.24, 2.45) is 11.8 Å². The molecule has 0 aliphatic carbocycles. The van der Waals surface area contributed by atoms with Gasteiger partial charge >= 0.3 is 0 Å². The molecule has 28 heavy (non-hydrogen) atoms. The van der Waals surface area contributed by atoms with Crippen molar-refractivity contribution >= 4 is 54.5 Å². The van der Waals surface area contributed by atoms with E-state index in [1.54, 1.807) is 0 Å². The lowest BCUT2D eigenvalue weighted by molar-refractivity contribution is 0.419. The summed E-state index contributed by atoms with van der Waals surface area (Å²) < 4.78 is 2.66. The van der Waals surface area contributed by atoms with E-state index in [4.69, 9.17) is 0 Å². The first-order chi connectivity index (χ1) is 13.4. The highest BCUT2D eigenvalue weighted by atomic mass is 79.9. The van der Waals surface area contributed by atoms with E-state index in [1.165, 1.54) is 79.8 Å². The normalized spacial score (nSPS) is 15.0. The Bertz CT molecular complexity index is 716. The van der Waals surface area contributed by atoms with Gasteiger partial charge in [0.1, 0.15) is 0 Å². The van der Waals surface area contributed by atoms with Crippen LogP contribution in [0.4, 0.5) is 0 Å². The molecule has 3 atom stereocenters. The Labute approximate surface area is 197 Å². The van der Waals surface area contributed by atoms with Gasteiger partial charge in [-0.15, -0.1) is 22.7 Å². The molecule has 0 nitrogen and oxygen atoms in total. The van der Waals surface area contributed by atoms with Gasteiger partial charge in [-0.05, 0) is 85.7 Å². The largest absolute Gasteiger partial charge is 0.127 e. The molecule has 0 aliphatic heterocycles. The van der Waals surface area contributed by atoms with E-state index in [0.29, 0.717) is 5.92 Å². The second-order valence-corrected chi connectivity index (χ2v) is 12.9. The highest BCUT2D eigenvalue weighted by molar-refractivity contribution is 9.11. The van der Waals surface area contributed by atoms with Gasteiger partial charge in [0.05, 0.1) is 7.57 Å². The van der Waals surface area contributed by atoms with Gasteiger partial charge in [-0.3, -0.25) is 0 Å². The van der Waals surface area contributed by atoms with E-state index in [1.807, 2.05) is 22.7 Å². The van der Waals surface area contributed by atoms with Gasteiger partial charge in [0.2, 0.25) is 0 Å². The van der Waals surface area contributed by atoms with Crippen molar-refractivity contribution in [1.82, 2.24) is 0 Å². The summed E-state index contributed by atoms with van der Waals surface area (Å²) in [5, 5.41) is 0. The molecule has 2 aromatic rings. The van der Waals surface area contributed by atoms with Gasteiger partial charge in [0.25, 0.3) is 0 Å². The smallest absolute Gasteiger partial charge is 0.0740 e. The molecule has 2 rings (SSSR count). The minimum Gasteiger partial charge on any atom is -0.127 e. The van der Waals surface area contributed by atoms with E-state index in [-0.39, 0.29) is 0 Å². The number of hydrogen-bond donors (Lipinski definition) is 0. The third-order valence-corrected chi connectivity index (χ3v) is 10.1. The molecule has 158 valence electrons. The van der Waals surface area contributed by atoms with Crippen LogP contribution in [0, 0.1) is 11.8 Å².